The lowest BCUT2D eigenvalue weighted by atomic mass is 9.96. The lowest BCUT2D eigenvalue weighted by Gasteiger charge is -2.24. The first kappa shape index (κ1) is 23.8. The Bertz CT molecular complexity index is 1680. The lowest BCUT2D eigenvalue weighted by molar-refractivity contribution is -0.138. The van der Waals surface area contributed by atoms with Crippen molar-refractivity contribution in [1.29, 1.82) is 0 Å². The molecule has 0 saturated carbocycles. The monoisotopic (exact) mass is 516 g/mol. The van der Waals surface area contributed by atoms with Crippen LogP contribution in [-0.4, -0.2) is 17.1 Å². The van der Waals surface area contributed by atoms with E-state index in [1.54, 1.807) is 29.7 Å². The zero-order valence-electron chi connectivity index (χ0n) is 19.3. The second kappa shape index (κ2) is 9.97. The highest BCUT2D eigenvalue weighted by atomic mass is 35.5. The first-order valence-corrected chi connectivity index (χ1v) is 12.4. The number of nitrogens with zero attached hydrogens (tertiary/aromatic N) is 2. The molecule has 0 amide bonds. The minimum absolute atomic E-state index is 0.0633. The summed E-state index contributed by atoms with van der Waals surface area (Å²) in [7, 11) is 0. The van der Waals surface area contributed by atoms with Crippen molar-refractivity contribution in [1.82, 2.24) is 4.57 Å². The molecule has 1 unspecified atom stereocenters. The first-order chi connectivity index (χ1) is 17.5. The average Bonchev–Trinajstić information content (AvgIpc) is 3.47. The molecule has 2 aromatic heterocycles. The molecule has 0 N–H and O–H groups in total. The normalized spacial score (nSPS) is 15.4. The summed E-state index contributed by atoms with van der Waals surface area (Å²) in [6.07, 6.45) is 3.18. The Morgan fingerprint density at radius 3 is 2.67 bits per heavy atom. The number of rotatable bonds is 6. The predicted molar refractivity (Wildman–Crippen MR) is 141 cm³/mol. The third kappa shape index (κ3) is 4.39. The van der Waals surface area contributed by atoms with E-state index >= 15 is 0 Å². The van der Waals surface area contributed by atoms with E-state index in [0.29, 0.717) is 37.1 Å². The Morgan fingerprint density at radius 1 is 1.17 bits per heavy atom. The molecular formula is C28H21ClN2O4S. The summed E-state index contributed by atoms with van der Waals surface area (Å²) in [4.78, 5) is 31.7. The highest BCUT2D eigenvalue weighted by Crippen LogP contribution is 2.31. The summed E-state index contributed by atoms with van der Waals surface area (Å²) in [5.74, 6) is 0.576. The number of hydrogen-bond acceptors (Lipinski definition) is 6. The summed E-state index contributed by atoms with van der Waals surface area (Å²) in [5.41, 5.74) is 2.10. The van der Waals surface area contributed by atoms with Crippen LogP contribution in [-0.2, 0) is 9.53 Å². The Kier molecular flexibility index (Phi) is 6.59. The molecule has 36 heavy (non-hydrogen) atoms. The van der Waals surface area contributed by atoms with Crippen LogP contribution in [0.2, 0.25) is 5.02 Å². The van der Waals surface area contributed by atoms with E-state index in [9.17, 15) is 9.59 Å². The van der Waals surface area contributed by atoms with Gasteiger partial charge in [0.1, 0.15) is 18.1 Å². The number of benzene rings is 2. The quantitative estimate of drug-likeness (QED) is 0.270. The summed E-state index contributed by atoms with van der Waals surface area (Å²) in [5, 5.41) is 0.576. The number of fused-ring (bicyclic) bond motifs is 1. The number of halogens is 1. The number of carbonyl (C=O) groups is 1. The molecule has 1 aliphatic rings. The van der Waals surface area contributed by atoms with Crippen molar-refractivity contribution in [3.63, 3.8) is 0 Å². The second-order valence-corrected chi connectivity index (χ2v) is 9.48. The van der Waals surface area contributed by atoms with Gasteiger partial charge in [-0.05, 0) is 36.8 Å². The Morgan fingerprint density at radius 2 is 1.92 bits per heavy atom. The summed E-state index contributed by atoms with van der Waals surface area (Å²) >= 11 is 7.54. The molecule has 4 aromatic rings. The molecule has 2 aromatic carbocycles. The SMILES string of the molecule is C=CCOC(=O)C1=C(C)N=c2s/c(=C\c3ccc(-c4ccccc4Cl)o3)c(=O)n2C1c1ccccc1. The number of furan rings is 1. The molecule has 0 aliphatic carbocycles. The van der Waals surface area contributed by atoms with Crippen LogP contribution in [0.1, 0.15) is 24.3 Å². The zero-order valence-corrected chi connectivity index (χ0v) is 20.9. The van der Waals surface area contributed by atoms with Crippen LogP contribution in [0, 0.1) is 0 Å². The molecule has 0 fully saturated rings. The van der Waals surface area contributed by atoms with Gasteiger partial charge < -0.3 is 9.15 Å². The van der Waals surface area contributed by atoms with Crippen molar-refractivity contribution in [2.45, 2.75) is 13.0 Å². The van der Waals surface area contributed by atoms with Gasteiger partial charge in [-0.1, -0.05) is 78.1 Å². The molecule has 0 radical (unpaired) electrons. The number of hydrogen-bond donors (Lipinski definition) is 0. The highest BCUT2D eigenvalue weighted by molar-refractivity contribution is 7.07. The van der Waals surface area contributed by atoms with Gasteiger partial charge in [0.05, 0.1) is 26.9 Å². The maximum Gasteiger partial charge on any atom is 0.338 e. The van der Waals surface area contributed by atoms with E-state index in [0.717, 1.165) is 11.1 Å². The van der Waals surface area contributed by atoms with Crippen molar-refractivity contribution in [3.05, 3.63) is 127 Å². The van der Waals surface area contributed by atoms with Gasteiger partial charge in [0.15, 0.2) is 4.80 Å². The molecule has 3 heterocycles. The van der Waals surface area contributed by atoms with E-state index in [2.05, 4.69) is 11.6 Å². The molecule has 0 spiro atoms. The Hall–Kier alpha value is -3.94. The largest absolute Gasteiger partial charge is 0.458 e. The number of carbonyl (C=O) groups excluding carboxylic acids is 1. The Labute approximate surface area is 215 Å². The molecular weight excluding hydrogens is 496 g/mol. The van der Waals surface area contributed by atoms with Gasteiger partial charge in [-0.2, -0.15) is 0 Å². The van der Waals surface area contributed by atoms with E-state index in [1.165, 1.54) is 17.4 Å². The van der Waals surface area contributed by atoms with Crippen LogP contribution in [0.4, 0.5) is 0 Å². The molecule has 1 aliphatic heterocycles. The van der Waals surface area contributed by atoms with Gasteiger partial charge in [-0.25, -0.2) is 9.79 Å². The molecule has 0 saturated heterocycles. The van der Waals surface area contributed by atoms with Gasteiger partial charge in [0.2, 0.25) is 0 Å². The number of ether oxygens (including phenoxy) is 1. The Balaban J connectivity index is 1.63. The highest BCUT2D eigenvalue weighted by Gasteiger charge is 2.33. The smallest absolute Gasteiger partial charge is 0.338 e. The van der Waals surface area contributed by atoms with Crippen LogP contribution in [0.25, 0.3) is 17.4 Å². The van der Waals surface area contributed by atoms with Gasteiger partial charge >= 0.3 is 5.97 Å². The van der Waals surface area contributed by atoms with Crippen molar-refractivity contribution < 1.29 is 13.9 Å². The fourth-order valence-corrected chi connectivity index (χ4v) is 5.37. The van der Waals surface area contributed by atoms with Crippen LogP contribution in [0.15, 0.2) is 105 Å². The number of esters is 1. The molecule has 0 bridgehead atoms. The summed E-state index contributed by atoms with van der Waals surface area (Å²) in [6, 6.07) is 19.7. The van der Waals surface area contributed by atoms with Gasteiger partial charge in [-0.3, -0.25) is 9.36 Å². The predicted octanol–water partition coefficient (Wildman–Crippen LogP) is 4.88. The maximum absolute atomic E-state index is 13.6. The van der Waals surface area contributed by atoms with Crippen molar-refractivity contribution in [3.8, 4) is 11.3 Å². The third-order valence-corrected chi connectivity index (χ3v) is 7.04. The van der Waals surface area contributed by atoms with Crippen molar-refractivity contribution >= 4 is 35.0 Å². The van der Waals surface area contributed by atoms with Crippen LogP contribution >= 0.6 is 22.9 Å². The second-order valence-electron chi connectivity index (χ2n) is 8.06. The number of aromatic nitrogens is 1. The van der Waals surface area contributed by atoms with Crippen LogP contribution in [0.5, 0.6) is 0 Å². The van der Waals surface area contributed by atoms with E-state index in [-0.39, 0.29) is 12.2 Å². The fourth-order valence-electron chi connectivity index (χ4n) is 4.11. The molecule has 1 atom stereocenters. The fraction of sp³-hybridized carbons (Fsp3) is 0.107. The minimum Gasteiger partial charge on any atom is -0.458 e. The van der Waals surface area contributed by atoms with E-state index in [4.69, 9.17) is 20.8 Å². The zero-order chi connectivity index (χ0) is 25.2. The molecule has 6 nitrogen and oxygen atoms in total. The van der Waals surface area contributed by atoms with Crippen molar-refractivity contribution in [2.24, 2.45) is 4.99 Å². The van der Waals surface area contributed by atoms with Gasteiger partial charge in [0.25, 0.3) is 5.56 Å². The van der Waals surface area contributed by atoms with Gasteiger partial charge in [-0.15, -0.1) is 0 Å². The lowest BCUT2D eigenvalue weighted by Crippen LogP contribution is -2.39. The molecule has 8 heteroatoms. The van der Waals surface area contributed by atoms with E-state index < -0.39 is 12.0 Å². The van der Waals surface area contributed by atoms with Gasteiger partial charge in [0, 0.05) is 11.6 Å². The standard InChI is InChI=1S/C28H21ClN2O4S/c1-3-15-34-27(33)24-17(2)30-28-31(25(24)18-9-5-4-6-10-18)26(32)23(36-28)16-19-13-14-22(35-19)20-11-7-8-12-21(20)29/h3-14,16,25H,1,15H2,2H3/b23-16-. The topological polar surface area (TPSA) is 73.8 Å². The third-order valence-electron chi connectivity index (χ3n) is 5.73. The summed E-state index contributed by atoms with van der Waals surface area (Å²) < 4.78 is 13.3. The summed E-state index contributed by atoms with van der Waals surface area (Å²) in [6.45, 7) is 5.42. The molecule has 180 valence electrons. The maximum atomic E-state index is 13.6. The molecule has 5 rings (SSSR count). The van der Waals surface area contributed by atoms with Crippen LogP contribution in [0.3, 0.4) is 0 Å². The number of thiazole rings is 1. The van der Waals surface area contributed by atoms with Crippen molar-refractivity contribution in [2.75, 3.05) is 6.61 Å². The number of allylic oxidation sites excluding steroid dienone is 1. The first-order valence-electron chi connectivity index (χ1n) is 11.2. The average molecular weight is 517 g/mol. The van der Waals surface area contributed by atoms with E-state index in [1.807, 2.05) is 54.6 Å². The van der Waals surface area contributed by atoms with Crippen LogP contribution < -0.4 is 14.9 Å². The minimum atomic E-state index is -0.669.